The van der Waals surface area contributed by atoms with Crippen molar-refractivity contribution in [3.8, 4) is 0 Å². The van der Waals surface area contributed by atoms with Crippen LogP contribution in [-0.2, 0) is 27.8 Å². The molecule has 1 aromatic carbocycles. The Balaban J connectivity index is 1.67. The number of ether oxygens (including phenoxy) is 1. The maximum atomic E-state index is 12.6. The molecule has 132 valence electrons. The predicted octanol–water partition coefficient (Wildman–Crippen LogP) is 2.12. The smallest absolute Gasteiger partial charge is 0.311 e. The molecule has 0 bridgehead atoms. The van der Waals surface area contributed by atoms with Gasteiger partial charge in [-0.3, -0.25) is 14.3 Å². The molecule has 1 aliphatic rings. The number of benzene rings is 1. The van der Waals surface area contributed by atoms with E-state index in [1.807, 2.05) is 43.6 Å². The number of likely N-dealkylation sites (tertiary alicyclic amines) is 1. The third-order valence-electron chi connectivity index (χ3n) is 4.71. The SMILES string of the molecule is CN1C(=O)CCC(C(=O)OCCc2ccccc2)C1c1cnn(C)c1. The van der Waals surface area contributed by atoms with Crippen molar-refractivity contribution in [1.29, 1.82) is 0 Å². The predicted molar refractivity (Wildman–Crippen MR) is 92.5 cm³/mol. The lowest BCUT2D eigenvalue weighted by molar-refractivity contribution is -0.156. The lowest BCUT2D eigenvalue weighted by Gasteiger charge is -2.37. The Labute approximate surface area is 147 Å². The van der Waals surface area contributed by atoms with Crippen LogP contribution in [0.3, 0.4) is 0 Å². The monoisotopic (exact) mass is 341 g/mol. The largest absolute Gasteiger partial charge is 0.465 e. The number of carbonyl (C=O) groups is 2. The summed E-state index contributed by atoms with van der Waals surface area (Å²) in [7, 11) is 3.56. The summed E-state index contributed by atoms with van der Waals surface area (Å²) in [5.41, 5.74) is 2.00. The van der Waals surface area contributed by atoms with E-state index in [9.17, 15) is 9.59 Å². The zero-order valence-electron chi connectivity index (χ0n) is 14.6. The molecule has 0 N–H and O–H groups in total. The van der Waals surface area contributed by atoms with E-state index < -0.39 is 0 Å². The summed E-state index contributed by atoms with van der Waals surface area (Å²) in [6.07, 6.45) is 5.12. The van der Waals surface area contributed by atoms with Gasteiger partial charge in [0.25, 0.3) is 0 Å². The first-order chi connectivity index (χ1) is 12.1. The fourth-order valence-electron chi connectivity index (χ4n) is 3.35. The van der Waals surface area contributed by atoms with E-state index in [0.29, 0.717) is 25.9 Å². The molecule has 1 saturated heterocycles. The zero-order valence-corrected chi connectivity index (χ0v) is 14.6. The minimum absolute atomic E-state index is 0.0437. The highest BCUT2D eigenvalue weighted by Crippen LogP contribution is 2.36. The van der Waals surface area contributed by atoms with Crippen LogP contribution in [0.15, 0.2) is 42.7 Å². The normalized spacial score (nSPS) is 20.6. The molecule has 1 amide bonds. The molecule has 25 heavy (non-hydrogen) atoms. The molecule has 1 aromatic heterocycles. The van der Waals surface area contributed by atoms with Crippen molar-refractivity contribution in [3.63, 3.8) is 0 Å². The van der Waals surface area contributed by atoms with Gasteiger partial charge in [0.05, 0.1) is 24.8 Å². The van der Waals surface area contributed by atoms with Gasteiger partial charge in [0.15, 0.2) is 0 Å². The molecule has 2 aromatic rings. The molecular formula is C19H23N3O3. The highest BCUT2D eigenvalue weighted by molar-refractivity contribution is 5.82. The molecule has 2 heterocycles. The van der Waals surface area contributed by atoms with Crippen molar-refractivity contribution in [2.24, 2.45) is 13.0 Å². The third-order valence-corrected chi connectivity index (χ3v) is 4.71. The first-order valence-electron chi connectivity index (χ1n) is 8.51. The van der Waals surface area contributed by atoms with Gasteiger partial charge >= 0.3 is 5.97 Å². The molecule has 2 atom stereocenters. The minimum Gasteiger partial charge on any atom is -0.465 e. The number of hydrogen-bond acceptors (Lipinski definition) is 4. The standard InChI is InChI=1S/C19H23N3O3/c1-21-13-15(12-20-21)18-16(8-9-17(23)22(18)2)19(24)25-11-10-14-6-4-3-5-7-14/h3-7,12-13,16,18H,8-11H2,1-2H3. The Bertz CT molecular complexity index is 741. The van der Waals surface area contributed by atoms with Gasteiger partial charge in [-0.25, -0.2) is 0 Å². The topological polar surface area (TPSA) is 64.4 Å². The Kier molecular flexibility index (Phi) is 5.16. The molecule has 0 radical (unpaired) electrons. The quantitative estimate of drug-likeness (QED) is 0.782. The molecular weight excluding hydrogens is 318 g/mol. The van der Waals surface area contributed by atoms with Gasteiger partial charge in [-0.2, -0.15) is 5.10 Å². The highest BCUT2D eigenvalue weighted by atomic mass is 16.5. The number of amides is 1. The van der Waals surface area contributed by atoms with Crippen LogP contribution in [0, 0.1) is 5.92 Å². The maximum absolute atomic E-state index is 12.6. The summed E-state index contributed by atoms with van der Waals surface area (Å²) >= 11 is 0. The molecule has 0 aliphatic carbocycles. The average Bonchev–Trinajstić information content (AvgIpc) is 3.04. The van der Waals surface area contributed by atoms with Gasteiger partial charge in [0.1, 0.15) is 0 Å². The van der Waals surface area contributed by atoms with Crippen LogP contribution >= 0.6 is 0 Å². The second kappa shape index (κ2) is 7.51. The van der Waals surface area contributed by atoms with Crippen LogP contribution in [0.2, 0.25) is 0 Å². The number of piperidine rings is 1. The van der Waals surface area contributed by atoms with Gasteiger partial charge in [0.2, 0.25) is 5.91 Å². The molecule has 0 saturated carbocycles. The lowest BCUT2D eigenvalue weighted by atomic mass is 9.86. The Hall–Kier alpha value is -2.63. The minimum atomic E-state index is -0.359. The Morgan fingerprint density at radius 2 is 2.04 bits per heavy atom. The van der Waals surface area contributed by atoms with E-state index in [2.05, 4.69) is 5.10 Å². The van der Waals surface area contributed by atoms with Crippen molar-refractivity contribution in [1.82, 2.24) is 14.7 Å². The van der Waals surface area contributed by atoms with E-state index >= 15 is 0 Å². The summed E-state index contributed by atoms with van der Waals surface area (Å²) in [5.74, 6) is -0.561. The van der Waals surface area contributed by atoms with E-state index in [1.54, 1.807) is 22.8 Å². The Morgan fingerprint density at radius 3 is 2.72 bits per heavy atom. The van der Waals surface area contributed by atoms with E-state index in [4.69, 9.17) is 4.74 Å². The van der Waals surface area contributed by atoms with Gasteiger partial charge in [-0.05, 0) is 12.0 Å². The first-order valence-corrected chi connectivity index (χ1v) is 8.51. The molecule has 1 aliphatic heterocycles. The molecule has 6 nitrogen and oxygen atoms in total. The summed E-state index contributed by atoms with van der Waals surface area (Å²) in [4.78, 5) is 26.4. The van der Waals surface area contributed by atoms with Gasteiger partial charge < -0.3 is 9.64 Å². The van der Waals surface area contributed by atoms with E-state index in [-0.39, 0.29) is 23.8 Å². The van der Waals surface area contributed by atoms with E-state index in [0.717, 1.165) is 11.1 Å². The maximum Gasteiger partial charge on any atom is 0.311 e. The van der Waals surface area contributed by atoms with Crippen molar-refractivity contribution in [2.45, 2.75) is 25.3 Å². The second-order valence-corrected chi connectivity index (χ2v) is 6.45. The first kappa shape index (κ1) is 17.2. The number of aryl methyl sites for hydroxylation is 1. The number of esters is 1. The molecule has 6 heteroatoms. The lowest BCUT2D eigenvalue weighted by Crippen LogP contribution is -2.43. The molecule has 3 rings (SSSR count). The summed E-state index contributed by atoms with van der Waals surface area (Å²) in [6, 6.07) is 9.61. The fourth-order valence-corrected chi connectivity index (χ4v) is 3.35. The number of hydrogen-bond donors (Lipinski definition) is 0. The summed E-state index contributed by atoms with van der Waals surface area (Å²) in [6.45, 7) is 0.344. The van der Waals surface area contributed by atoms with Crippen LogP contribution in [0.4, 0.5) is 0 Å². The molecule has 2 unspecified atom stereocenters. The van der Waals surface area contributed by atoms with Crippen molar-refractivity contribution < 1.29 is 14.3 Å². The number of rotatable bonds is 5. The van der Waals surface area contributed by atoms with Crippen LogP contribution in [0.1, 0.15) is 30.0 Å². The van der Waals surface area contributed by atoms with Crippen LogP contribution in [0.5, 0.6) is 0 Å². The Morgan fingerprint density at radius 1 is 1.28 bits per heavy atom. The second-order valence-electron chi connectivity index (χ2n) is 6.45. The summed E-state index contributed by atoms with van der Waals surface area (Å²) in [5, 5.41) is 4.17. The van der Waals surface area contributed by atoms with E-state index in [1.165, 1.54) is 0 Å². The highest BCUT2D eigenvalue weighted by Gasteiger charge is 2.40. The summed E-state index contributed by atoms with van der Waals surface area (Å²) < 4.78 is 7.20. The van der Waals surface area contributed by atoms with Gasteiger partial charge in [0, 0.05) is 38.7 Å². The van der Waals surface area contributed by atoms with Crippen molar-refractivity contribution >= 4 is 11.9 Å². The number of nitrogens with zero attached hydrogens (tertiary/aromatic N) is 3. The third kappa shape index (κ3) is 3.90. The molecule has 1 fully saturated rings. The van der Waals surface area contributed by atoms with Crippen LogP contribution in [0.25, 0.3) is 0 Å². The van der Waals surface area contributed by atoms with Crippen molar-refractivity contribution in [3.05, 3.63) is 53.9 Å². The number of aromatic nitrogens is 2. The van der Waals surface area contributed by atoms with Gasteiger partial charge in [-0.15, -0.1) is 0 Å². The zero-order chi connectivity index (χ0) is 17.8. The van der Waals surface area contributed by atoms with Crippen LogP contribution < -0.4 is 0 Å². The van der Waals surface area contributed by atoms with Crippen molar-refractivity contribution in [2.75, 3.05) is 13.7 Å². The fraction of sp³-hybridized carbons (Fsp3) is 0.421. The van der Waals surface area contributed by atoms with Crippen LogP contribution in [-0.4, -0.2) is 40.2 Å². The average molecular weight is 341 g/mol. The molecule has 0 spiro atoms. The van der Waals surface area contributed by atoms with Gasteiger partial charge in [-0.1, -0.05) is 30.3 Å². The number of carbonyl (C=O) groups excluding carboxylic acids is 2.